The summed E-state index contributed by atoms with van der Waals surface area (Å²) >= 11 is 4.07. The van der Waals surface area contributed by atoms with Gasteiger partial charge < -0.3 is 19.2 Å². The summed E-state index contributed by atoms with van der Waals surface area (Å²) in [6.07, 6.45) is 3.76. The van der Waals surface area contributed by atoms with Crippen LogP contribution in [0.15, 0.2) is 106 Å². The molecule has 0 atom stereocenters. The summed E-state index contributed by atoms with van der Waals surface area (Å²) in [6.45, 7) is 8.54. The van der Waals surface area contributed by atoms with Gasteiger partial charge in [0.05, 0.1) is 23.0 Å². The van der Waals surface area contributed by atoms with Crippen LogP contribution in [0.3, 0.4) is 0 Å². The quantitative estimate of drug-likeness (QED) is 0.0503. The molecule has 1 aliphatic carbocycles. The van der Waals surface area contributed by atoms with Gasteiger partial charge in [0.15, 0.2) is 0 Å². The summed E-state index contributed by atoms with van der Waals surface area (Å²) in [5, 5.41) is 5.32. The van der Waals surface area contributed by atoms with E-state index < -0.39 is 5.97 Å². The molecule has 1 aliphatic heterocycles. The molecule has 4 aromatic rings. The third kappa shape index (κ3) is 8.34. The van der Waals surface area contributed by atoms with Gasteiger partial charge in [-0.2, -0.15) is 12.6 Å². The number of para-hydroxylation sites is 2. The van der Waals surface area contributed by atoms with Gasteiger partial charge in [-0.1, -0.05) is 82.3 Å². The summed E-state index contributed by atoms with van der Waals surface area (Å²) in [7, 11) is 0. The highest BCUT2D eigenvalue weighted by atomic mass is 32.1. The Morgan fingerprint density at radius 1 is 0.717 bits per heavy atom. The molecule has 0 aromatic heterocycles. The fraction of sp³-hybridized carbons (Fsp3) is 0.267. The van der Waals surface area contributed by atoms with Crippen molar-refractivity contribution in [3.05, 3.63) is 130 Å². The topological polar surface area (TPSA) is 90.1 Å². The number of ether oxygens (including phenoxy) is 2. The van der Waals surface area contributed by atoms with E-state index in [-0.39, 0.29) is 25.6 Å². The van der Waals surface area contributed by atoms with E-state index >= 15 is 0 Å². The van der Waals surface area contributed by atoms with Gasteiger partial charge in [0, 0.05) is 45.8 Å². The fourth-order valence-corrected chi connectivity index (χ4v) is 6.94. The maximum Gasteiger partial charge on any atom is 0.338 e. The monoisotopic (exact) mass is 726 g/mol. The maximum absolute atomic E-state index is 13.6. The Balaban J connectivity index is 1.50. The first-order valence-corrected chi connectivity index (χ1v) is 19.1. The standard InChI is InChI=1S/C45H46N2O5S/c1-5-29-13-11-14-30(6-2)43(29)46-33-19-21-37-39(27-33)52-40-28-34(47-44-31(7-3)15-12-16-32(44)8-4)20-22-38(40)42(37)35-17-9-10-18-36(35)45(49)51-25-24-50-41(48)23-26-53/h9-22,27-28,46,53H,5-8,23-26H2,1-4H3/b47-34-. The van der Waals surface area contributed by atoms with Crippen molar-refractivity contribution in [2.45, 2.75) is 59.8 Å². The molecule has 0 unspecified atom stereocenters. The number of aryl methyl sites for hydroxylation is 4. The first kappa shape index (κ1) is 37.4. The van der Waals surface area contributed by atoms with Crippen molar-refractivity contribution in [3.63, 3.8) is 0 Å². The molecule has 0 spiro atoms. The number of carbonyl (C=O) groups is 2. The molecule has 53 heavy (non-hydrogen) atoms. The van der Waals surface area contributed by atoms with Crippen molar-refractivity contribution in [3.8, 4) is 22.5 Å². The average Bonchev–Trinajstić information content (AvgIpc) is 3.18. The van der Waals surface area contributed by atoms with E-state index in [9.17, 15) is 9.59 Å². The summed E-state index contributed by atoms with van der Waals surface area (Å²) in [5.41, 5.74) is 11.3. The molecule has 7 nitrogen and oxygen atoms in total. The van der Waals surface area contributed by atoms with Gasteiger partial charge in [-0.15, -0.1) is 0 Å². The molecule has 8 heteroatoms. The number of carbonyl (C=O) groups excluding carboxylic acids is 2. The number of hydrogen-bond donors (Lipinski definition) is 2. The van der Waals surface area contributed by atoms with E-state index in [0.717, 1.165) is 64.6 Å². The van der Waals surface area contributed by atoms with Crippen LogP contribution < -0.4 is 10.7 Å². The van der Waals surface area contributed by atoms with Gasteiger partial charge in [0.1, 0.15) is 24.6 Å². The van der Waals surface area contributed by atoms with Gasteiger partial charge in [-0.3, -0.25) is 4.79 Å². The summed E-state index contributed by atoms with van der Waals surface area (Å²) in [4.78, 5) is 30.6. The van der Waals surface area contributed by atoms with Crippen LogP contribution in [0.1, 0.15) is 66.7 Å². The molecule has 0 saturated carbocycles. The smallest absolute Gasteiger partial charge is 0.338 e. The van der Waals surface area contributed by atoms with Gasteiger partial charge in [-0.25, -0.2) is 9.79 Å². The molecule has 2 aliphatic rings. The van der Waals surface area contributed by atoms with Gasteiger partial charge in [0.25, 0.3) is 0 Å². The minimum Gasteiger partial charge on any atom is -0.462 e. The number of nitrogens with one attached hydrogen (secondary N) is 1. The lowest BCUT2D eigenvalue weighted by molar-refractivity contribution is -0.144. The Hall–Kier alpha value is -5.34. The number of benzene rings is 5. The van der Waals surface area contributed by atoms with E-state index in [0.29, 0.717) is 28.2 Å². The number of fused-ring (bicyclic) bond motifs is 2. The number of hydrogen-bond acceptors (Lipinski definition) is 8. The molecule has 272 valence electrons. The van der Waals surface area contributed by atoms with E-state index in [1.807, 2.05) is 48.5 Å². The Kier molecular flexibility index (Phi) is 12.3. The number of nitrogens with zero attached hydrogens (tertiary/aromatic N) is 1. The number of rotatable bonds is 14. The second-order valence-electron chi connectivity index (χ2n) is 12.8. The Morgan fingerprint density at radius 2 is 1.38 bits per heavy atom. The second-order valence-corrected chi connectivity index (χ2v) is 13.2. The van der Waals surface area contributed by atoms with Gasteiger partial charge >= 0.3 is 11.9 Å². The van der Waals surface area contributed by atoms with Crippen molar-refractivity contribution in [1.82, 2.24) is 0 Å². The highest BCUT2D eigenvalue weighted by Crippen LogP contribution is 2.42. The van der Waals surface area contributed by atoms with Crippen LogP contribution in [0.5, 0.6) is 0 Å². The molecule has 0 fully saturated rings. The summed E-state index contributed by atoms with van der Waals surface area (Å²) in [6, 6.07) is 32.3. The van der Waals surface area contributed by atoms with Crippen LogP contribution in [0.4, 0.5) is 17.1 Å². The predicted molar refractivity (Wildman–Crippen MR) is 217 cm³/mol. The predicted octanol–water partition coefficient (Wildman–Crippen LogP) is 10.5. The lowest BCUT2D eigenvalue weighted by atomic mass is 9.90. The minimum atomic E-state index is -0.510. The van der Waals surface area contributed by atoms with E-state index in [4.69, 9.17) is 18.9 Å². The maximum atomic E-state index is 13.6. The minimum absolute atomic E-state index is 0.0273. The lowest BCUT2D eigenvalue weighted by Crippen LogP contribution is -2.15. The van der Waals surface area contributed by atoms with Crippen molar-refractivity contribution >= 4 is 52.6 Å². The third-order valence-corrected chi connectivity index (χ3v) is 9.71. The third-order valence-electron chi connectivity index (χ3n) is 9.49. The van der Waals surface area contributed by atoms with Crippen molar-refractivity contribution in [2.75, 3.05) is 24.3 Å². The number of thiol groups is 1. The molecule has 4 aromatic carbocycles. The zero-order valence-corrected chi connectivity index (χ0v) is 31.7. The van der Waals surface area contributed by atoms with Crippen LogP contribution in [-0.4, -0.2) is 30.9 Å². The number of esters is 2. The molecule has 0 radical (unpaired) electrons. The van der Waals surface area contributed by atoms with Crippen LogP contribution in [0.25, 0.3) is 33.4 Å². The SMILES string of the molecule is CCc1cccc(CC)c1/N=c1/ccc2c(-c3ccccc3C(=O)OCCOC(=O)CCS)c3ccc(Nc4c(CC)cccc4CC)cc3oc-2c1. The fourth-order valence-electron chi connectivity index (χ4n) is 6.76. The highest BCUT2D eigenvalue weighted by molar-refractivity contribution is 7.80. The summed E-state index contributed by atoms with van der Waals surface area (Å²) in [5.74, 6) is 0.141. The van der Waals surface area contributed by atoms with Crippen LogP contribution in [0, 0.1) is 0 Å². The van der Waals surface area contributed by atoms with Gasteiger partial charge in [-0.05, 0) is 83.8 Å². The highest BCUT2D eigenvalue weighted by Gasteiger charge is 2.23. The van der Waals surface area contributed by atoms with Crippen molar-refractivity contribution in [1.29, 1.82) is 0 Å². The van der Waals surface area contributed by atoms with E-state index in [2.05, 4.69) is 88.1 Å². The zero-order chi connectivity index (χ0) is 37.3. The molecular formula is C45H46N2O5S. The zero-order valence-electron chi connectivity index (χ0n) is 30.8. The first-order chi connectivity index (χ1) is 25.9. The van der Waals surface area contributed by atoms with Crippen LogP contribution in [-0.2, 0) is 40.0 Å². The van der Waals surface area contributed by atoms with Crippen molar-refractivity contribution in [2.24, 2.45) is 4.99 Å². The largest absolute Gasteiger partial charge is 0.462 e. The normalized spacial score (nSPS) is 11.6. The molecule has 0 bridgehead atoms. The van der Waals surface area contributed by atoms with Crippen LogP contribution in [0.2, 0.25) is 0 Å². The average molecular weight is 727 g/mol. The molecule has 1 N–H and O–H groups in total. The van der Waals surface area contributed by atoms with E-state index in [1.54, 1.807) is 6.07 Å². The molecular weight excluding hydrogens is 681 g/mol. The Labute approximate surface area is 316 Å². The second kappa shape index (κ2) is 17.5. The van der Waals surface area contributed by atoms with E-state index in [1.165, 1.54) is 22.3 Å². The summed E-state index contributed by atoms with van der Waals surface area (Å²) < 4.78 is 17.5. The Morgan fingerprint density at radius 3 is 2.06 bits per heavy atom. The van der Waals surface area contributed by atoms with Crippen molar-refractivity contribution < 1.29 is 23.5 Å². The van der Waals surface area contributed by atoms with Gasteiger partial charge in [0.2, 0.25) is 0 Å². The number of anilines is 2. The molecule has 6 rings (SSSR count). The lowest BCUT2D eigenvalue weighted by Gasteiger charge is -2.19. The Bertz CT molecular complexity index is 2250. The molecule has 0 saturated heterocycles. The van der Waals surface area contributed by atoms with Crippen LogP contribution >= 0.6 is 12.6 Å². The molecule has 0 amide bonds. The first-order valence-electron chi connectivity index (χ1n) is 18.5. The molecule has 1 heterocycles.